The Labute approximate surface area is 326 Å². The van der Waals surface area contributed by atoms with E-state index in [2.05, 4.69) is 79.8 Å². The van der Waals surface area contributed by atoms with Crippen LogP contribution in [-0.4, -0.2) is 60.5 Å². The van der Waals surface area contributed by atoms with E-state index >= 15 is 0 Å². The number of unbranched alkanes of at least 4 members (excludes halogenated alkanes) is 6. The van der Waals surface area contributed by atoms with Crippen LogP contribution >= 0.6 is 7.82 Å². The average molecular weight is 778 g/mol. The number of phosphoric ester groups is 1. The van der Waals surface area contributed by atoms with E-state index < -0.39 is 32.5 Å². The lowest BCUT2D eigenvalue weighted by molar-refractivity contribution is -0.161. The number of hydrogen-bond donors (Lipinski definition) is 3. The summed E-state index contributed by atoms with van der Waals surface area (Å²) in [6.45, 7) is 3.21. The number of phosphoric acid groups is 1. The van der Waals surface area contributed by atoms with E-state index in [1.54, 1.807) is 0 Å². The van der Waals surface area contributed by atoms with Crippen molar-refractivity contribution >= 4 is 19.8 Å². The molecule has 4 N–H and O–H groups in total. The van der Waals surface area contributed by atoms with Crippen LogP contribution in [0.4, 0.5) is 0 Å². The summed E-state index contributed by atoms with van der Waals surface area (Å²) < 4.78 is 32.6. The van der Waals surface area contributed by atoms with Crippen molar-refractivity contribution in [3.8, 4) is 0 Å². The van der Waals surface area contributed by atoms with Crippen LogP contribution in [0.25, 0.3) is 0 Å². The summed E-state index contributed by atoms with van der Waals surface area (Å²) in [4.78, 5) is 34.8. The second-order valence-electron chi connectivity index (χ2n) is 12.9. The Morgan fingerprint density at radius 3 is 1.70 bits per heavy atom. The maximum absolute atomic E-state index is 12.5. The fraction of sp³-hybridized carbons (Fsp3) is 0.628. The molecule has 1 unspecified atom stereocenters. The molecule has 0 bridgehead atoms. The number of aliphatic hydroxyl groups excluding tert-OH is 1. The second-order valence-corrected chi connectivity index (χ2v) is 14.4. The number of esters is 2. The van der Waals surface area contributed by atoms with Gasteiger partial charge in [-0.2, -0.15) is 0 Å². The van der Waals surface area contributed by atoms with Gasteiger partial charge in [-0.25, -0.2) is 4.57 Å². The van der Waals surface area contributed by atoms with Gasteiger partial charge >= 0.3 is 19.8 Å². The van der Waals surface area contributed by atoms with Crippen LogP contribution in [0.5, 0.6) is 0 Å². The molecule has 0 saturated carbocycles. The van der Waals surface area contributed by atoms with E-state index in [9.17, 15) is 24.2 Å². The van der Waals surface area contributed by atoms with E-state index in [4.69, 9.17) is 24.3 Å². The second kappa shape index (κ2) is 38.4. The summed E-state index contributed by atoms with van der Waals surface area (Å²) in [6.07, 6.45) is 44.2. The monoisotopic (exact) mass is 777 g/mol. The van der Waals surface area contributed by atoms with E-state index in [0.717, 1.165) is 89.9 Å². The highest BCUT2D eigenvalue weighted by molar-refractivity contribution is 7.47. The molecule has 0 radical (unpaired) electrons. The highest BCUT2D eigenvalue weighted by Gasteiger charge is 2.25. The molecule has 0 spiro atoms. The molecule has 0 fully saturated rings. The minimum atomic E-state index is -4.41. The van der Waals surface area contributed by atoms with Gasteiger partial charge in [0.05, 0.1) is 19.3 Å². The molecule has 0 amide bonds. The number of rotatable bonds is 36. The Morgan fingerprint density at radius 1 is 0.630 bits per heavy atom. The lowest BCUT2D eigenvalue weighted by Gasteiger charge is -2.19. The van der Waals surface area contributed by atoms with Gasteiger partial charge in [-0.05, 0) is 89.9 Å². The van der Waals surface area contributed by atoms with Crippen molar-refractivity contribution < 1.29 is 42.7 Å². The summed E-state index contributed by atoms with van der Waals surface area (Å²) in [7, 11) is -4.41. The van der Waals surface area contributed by atoms with Gasteiger partial charge in [-0.3, -0.25) is 18.6 Å². The van der Waals surface area contributed by atoms with Gasteiger partial charge in [0.25, 0.3) is 0 Å². The first-order valence-corrected chi connectivity index (χ1v) is 21.6. The molecule has 54 heavy (non-hydrogen) atoms. The van der Waals surface area contributed by atoms with Gasteiger partial charge in [0, 0.05) is 19.4 Å². The van der Waals surface area contributed by atoms with Gasteiger partial charge in [0.2, 0.25) is 0 Å². The molecular formula is C43H72NO9P. The molecule has 3 atom stereocenters. The van der Waals surface area contributed by atoms with Crippen molar-refractivity contribution in [2.75, 3.05) is 26.4 Å². The fourth-order valence-corrected chi connectivity index (χ4v) is 5.56. The molecule has 0 heterocycles. The van der Waals surface area contributed by atoms with E-state index in [0.29, 0.717) is 19.3 Å². The first-order chi connectivity index (χ1) is 26.2. The molecule has 0 aromatic carbocycles. The van der Waals surface area contributed by atoms with Crippen LogP contribution in [0, 0.1) is 0 Å². The summed E-state index contributed by atoms with van der Waals surface area (Å²) in [6, 6.07) is 0. The maximum Gasteiger partial charge on any atom is 0.472 e. The van der Waals surface area contributed by atoms with E-state index in [1.165, 1.54) is 0 Å². The highest BCUT2D eigenvalue weighted by Crippen LogP contribution is 2.43. The maximum atomic E-state index is 12.5. The first-order valence-electron chi connectivity index (χ1n) is 20.1. The summed E-state index contributed by atoms with van der Waals surface area (Å²) in [5.41, 5.74) is 5.33. The van der Waals surface area contributed by atoms with Gasteiger partial charge < -0.3 is 25.2 Å². The summed E-state index contributed by atoms with van der Waals surface area (Å²) in [5.74, 6) is -0.943. The zero-order valence-corrected chi connectivity index (χ0v) is 34.2. The van der Waals surface area contributed by atoms with Gasteiger partial charge in [0.1, 0.15) is 6.61 Å². The third-order valence-electron chi connectivity index (χ3n) is 7.93. The topological polar surface area (TPSA) is 155 Å². The molecule has 0 aliphatic heterocycles. The Morgan fingerprint density at radius 2 is 1.13 bits per heavy atom. The number of nitrogens with two attached hydrogens (primary N) is 1. The van der Waals surface area contributed by atoms with Crippen LogP contribution in [0.1, 0.15) is 136 Å². The van der Waals surface area contributed by atoms with Crippen LogP contribution in [0.2, 0.25) is 0 Å². The minimum absolute atomic E-state index is 0.0316. The van der Waals surface area contributed by atoms with Crippen LogP contribution in [0.3, 0.4) is 0 Å². The first kappa shape index (κ1) is 51.1. The molecule has 0 aromatic heterocycles. The largest absolute Gasteiger partial charge is 0.472 e. The Bertz CT molecular complexity index is 1180. The lowest BCUT2D eigenvalue weighted by atomic mass is 10.1. The Balaban J connectivity index is 4.36. The molecule has 0 aromatic rings. The number of allylic oxidation sites excluding steroid dienone is 14. The van der Waals surface area contributed by atoms with Crippen molar-refractivity contribution in [1.29, 1.82) is 0 Å². The minimum Gasteiger partial charge on any atom is -0.462 e. The van der Waals surface area contributed by atoms with E-state index in [-0.39, 0.29) is 38.7 Å². The molecule has 0 aliphatic carbocycles. The summed E-state index contributed by atoms with van der Waals surface area (Å²) >= 11 is 0. The standard InChI is InChI=1S/C43H72NO9P/c1-3-5-6-7-8-9-10-11-12-16-19-22-25-28-31-34-42(46)50-38-41(39-52-54(48,49)51-37-36-44)53-43(47)35-32-29-26-23-20-17-14-13-15-18-21-24-27-30-33-40(45)4-2/h5-6,8-9,11-12,14-15,17-18,23-24,26-27,40-41,45H,3-4,7,10,13,16,19-22,25,28-39,44H2,1-2H3,(H,48,49)/b6-5-,9-8-,12-11-,17-14-,18-15-,26-23-,27-24-/t40-,41-/m1/s1. The molecule has 0 saturated heterocycles. The number of carbonyl (C=O) groups excluding carboxylic acids is 2. The number of hydrogen-bond acceptors (Lipinski definition) is 9. The third-order valence-corrected chi connectivity index (χ3v) is 8.91. The lowest BCUT2D eigenvalue weighted by Crippen LogP contribution is -2.29. The van der Waals surface area contributed by atoms with Crippen LogP contribution in [0.15, 0.2) is 85.1 Å². The smallest absolute Gasteiger partial charge is 0.462 e. The van der Waals surface area contributed by atoms with Crippen molar-refractivity contribution in [2.24, 2.45) is 5.73 Å². The van der Waals surface area contributed by atoms with Gasteiger partial charge in [-0.15, -0.1) is 0 Å². The SMILES string of the molecule is CC/C=C\C/C=C\C/C=C\CCCCCCCC(=O)OC[C@H](COP(=O)(O)OCCN)OC(=O)CCC/C=C\C/C=C\C/C=C\C/C=C\CC[C@H](O)CC. The van der Waals surface area contributed by atoms with E-state index in [1.807, 2.05) is 19.1 Å². The number of ether oxygens (including phenoxy) is 2. The summed E-state index contributed by atoms with van der Waals surface area (Å²) in [5, 5.41) is 9.55. The highest BCUT2D eigenvalue weighted by atomic mass is 31.2. The average Bonchev–Trinajstić information content (AvgIpc) is 3.16. The predicted molar refractivity (Wildman–Crippen MR) is 221 cm³/mol. The Hall–Kier alpha value is -2.85. The fourth-order valence-electron chi connectivity index (χ4n) is 4.80. The Kier molecular flexibility index (Phi) is 36.4. The normalized spacial score (nSPS) is 14.8. The zero-order valence-electron chi connectivity index (χ0n) is 33.3. The molecule has 0 aliphatic rings. The van der Waals surface area contributed by atoms with Crippen molar-refractivity contribution in [3.05, 3.63) is 85.1 Å². The zero-order chi connectivity index (χ0) is 39.8. The van der Waals surface area contributed by atoms with Crippen molar-refractivity contribution in [3.63, 3.8) is 0 Å². The predicted octanol–water partition coefficient (Wildman–Crippen LogP) is 10.2. The quantitative estimate of drug-likeness (QED) is 0.0242. The van der Waals surface area contributed by atoms with Gasteiger partial charge in [-0.1, -0.05) is 118 Å². The number of carbonyl (C=O) groups is 2. The van der Waals surface area contributed by atoms with Crippen LogP contribution in [-0.2, 0) is 32.7 Å². The van der Waals surface area contributed by atoms with Gasteiger partial charge in [0.15, 0.2) is 6.10 Å². The van der Waals surface area contributed by atoms with Crippen molar-refractivity contribution in [2.45, 2.75) is 148 Å². The molecule has 10 nitrogen and oxygen atoms in total. The van der Waals surface area contributed by atoms with Crippen molar-refractivity contribution in [1.82, 2.24) is 0 Å². The third kappa shape index (κ3) is 37.5. The molecule has 11 heteroatoms. The van der Waals surface area contributed by atoms with Crippen LogP contribution < -0.4 is 5.73 Å². The molecule has 0 rings (SSSR count). The number of aliphatic hydroxyl groups is 1. The molecular weight excluding hydrogens is 705 g/mol. The molecule has 308 valence electrons.